The summed E-state index contributed by atoms with van der Waals surface area (Å²) >= 11 is 1.55. The van der Waals surface area contributed by atoms with E-state index < -0.39 is 18.1 Å². The summed E-state index contributed by atoms with van der Waals surface area (Å²) in [7, 11) is 3.96. The highest BCUT2D eigenvalue weighted by Gasteiger charge is 2.29. The summed E-state index contributed by atoms with van der Waals surface area (Å²) in [5.74, 6) is 0.398. The van der Waals surface area contributed by atoms with E-state index in [4.69, 9.17) is 4.74 Å². The molecule has 1 aliphatic rings. The third-order valence-electron chi connectivity index (χ3n) is 4.87. The standard InChI is InChI=1S/C21H25FN6O3S/c1-27(2)9-10-32-14-6-7-17(16(22)11-14)26-19-15(12-23)20(25-13-24-19)31-18-5-3-4-8-28(18)21(29)30/h6-7,11,13,18H,3-5,8-10H2,1-2H3,(H,29,30)(H,24,25,26). The molecule has 0 saturated carbocycles. The second-order valence-corrected chi connectivity index (χ2v) is 8.65. The normalized spacial score (nSPS) is 16.0. The van der Waals surface area contributed by atoms with Crippen LogP contribution in [0.1, 0.15) is 24.8 Å². The van der Waals surface area contributed by atoms with E-state index in [1.807, 2.05) is 20.2 Å². The molecule has 1 aromatic heterocycles. The Morgan fingerprint density at radius 3 is 2.94 bits per heavy atom. The summed E-state index contributed by atoms with van der Waals surface area (Å²) < 4.78 is 20.4. The number of piperidine rings is 1. The molecule has 1 aliphatic heterocycles. The Kier molecular flexibility index (Phi) is 8.08. The fourth-order valence-electron chi connectivity index (χ4n) is 3.19. The van der Waals surface area contributed by atoms with Crippen LogP contribution in [-0.2, 0) is 0 Å². The SMILES string of the molecule is CN(C)CCSc1ccc(Nc2ncnc(OC3CCCCN3C(=O)O)c2C#N)c(F)c1. The number of carboxylic acid groups (broad SMARTS) is 1. The molecule has 11 heteroatoms. The molecule has 1 atom stereocenters. The first-order valence-electron chi connectivity index (χ1n) is 10.1. The van der Waals surface area contributed by atoms with Crippen LogP contribution in [-0.4, -0.2) is 70.1 Å². The summed E-state index contributed by atoms with van der Waals surface area (Å²) in [6.07, 6.45) is 1.40. The van der Waals surface area contributed by atoms with Gasteiger partial charge < -0.3 is 20.1 Å². The molecule has 9 nitrogen and oxygen atoms in total. The number of rotatable bonds is 8. The van der Waals surface area contributed by atoms with Gasteiger partial charge in [-0.3, -0.25) is 4.90 Å². The van der Waals surface area contributed by atoms with E-state index in [-0.39, 0.29) is 22.9 Å². The van der Waals surface area contributed by atoms with Crippen molar-refractivity contribution in [1.82, 2.24) is 19.8 Å². The van der Waals surface area contributed by atoms with E-state index in [1.165, 1.54) is 17.3 Å². The lowest BCUT2D eigenvalue weighted by molar-refractivity contribution is 0.00316. The summed E-state index contributed by atoms with van der Waals surface area (Å²) in [5.41, 5.74) is 0.139. The van der Waals surface area contributed by atoms with E-state index in [0.29, 0.717) is 13.0 Å². The lowest BCUT2D eigenvalue weighted by Gasteiger charge is -2.33. The molecule has 0 aliphatic carbocycles. The Hall–Kier alpha value is -3.10. The summed E-state index contributed by atoms with van der Waals surface area (Å²) in [5, 5.41) is 21.9. The molecule has 1 fully saturated rings. The van der Waals surface area contributed by atoms with Crippen LogP contribution in [0.15, 0.2) is 29.4 Å². The number of nitrogens with zero attached hydrogens (tertiary/aromatic N) is 5. The number of carbonyl (C=O) groups is 1. The van der Waals surface area contributed by atoms with Gasteiger partial charge in [-0.1, -0.05) is 0 Å². The Morgan fingerprint density at radius 2 is 2.25 bits per heavy atom. The van der Waals surface area contributed by atoms with Gasteiger partial charge in [0, 0.05) is 30.2 Å². The third-order valence-corrected chi connectivity index (χ3v) is 5.84. The van der Waals surface area contributed by atoms with Crippen molar-refractivity contribution in [1.29, 1.82) is 5.26 Å². The van der Waals surface area contributed by atoms with Crippen LogP contribution in [0.3, 0.4) is 0 Å². The number of likely N-dealkylation sites (tertiary alicyclic amines) is 1. The van der Waals surface area contributed by atoms with Crippen molar-refractivity contribution in [2.75, 3.05) is 38.3 Å². The second-order valence-electron chi connectivity index (χ2n) is 7.48. The number of nitriles is 1. The zero-order chi connectivity index (χ0) is 23.1. The molecule has 1 aromatic carbocycles. The largest absolute Gasteiger partial charge is 0.465 e. The van der Waals surface area contributed by atoms with Gasteiger partial charge in [-0.05, 0) is 45.1 Å². The van der Waals surface area contributed by atoms with Crippen molar-refractivity contribution in [2.45, 2.75) is 30.4 Å². The first-order chi connectivity index (χ1) is 15.4. The van der Waals surface area contributed by atoms with Crippen LogP contribution in [0.25, 0.3) is 0 Å². The number of hydrogen-bond donors (Lipinski definition) is 2. The third kappa shape index (κ3) is 5.99. The van der Waals surface area contributed by atoms with Gasteiger partial charge in [0.25, 0.3) is 0 Å². The summed E-state index contributed by atoms with van der Waals surface area (Å²) in [4.78, 5) is 23.6. The fraction of sp³-hybridized carbons (Fsp3) is 0.429. The molecule has 2 heterocycles. The van der Waals surface area contributed by atoms with Crippen LogP contribution in [0.5, 0.6) is 5.88 Å². The first-order valence-corrected chi connectivity index (χ1v) is 11.1. The maximum absolute atomic E-state index is 14.7. The minimum atomic E-state index is -1.09. The van der Waals surface area contributed by atoms with Crippen molar-refractivity contribution < 1.29 is 19.0 Å². The minimum absolute atomic E-state index is 0.0211. The average Bonchev–Trinajstić information content (AvgIpc) is 2.76. The molecule has 1 saturated heterocycles. The van der Waals surface area contributed by atoms with Crippen LogP contribution in [0, 0.1) is 17.1 Å². The lowest BCUT2D eigenvalue weighted by atomic mass is 10.1. The van der Waals surface area contributed by atoms with E-state index in [0.717, 1.165) is 30.0 Å². The van der Waals surface area contributed by atoms with E-state index in [1.54, 1.807) is 23.9 Å². The van der Waals surface area contributed by atoms with Gasteiger partial charge in [0.05, 0.1) is 5.69 Å². The molecule has 1 unspecified atom stereocenters. The molecule has 2 N–H and O–H groups in total. The smallest absolute Gasteiger partial charge is 0.410 e. The van der Waals surface area contributed by atoms with Crippen molar-refractivity contribution in [3.05, 3.63) is 35.9 Å². The number of benzene rings is 1. The number of hydrogen-bond acceptors (Lipinski definition) is 8. The topological polar surface area (TPSA) is 115 Å². The number of ether oxygens (including phenoxy) is 1. The van der Waals surface area contributed by atoms with E-state index in [9.17, 15) is 19.6 Å². The van der Waals surface area contributed by atoms with Crippen LogP contribution >= 0.6 is 11.8 Å². The van der Waals surface area contributed by atoms with E-state index in [2.05, 4.69) is 20.2 Å². The molecular weight excluding hydrogens is 435 g/mol. The zero-order valence-electron chi connectivity index (χ0n) is 17.9. The predicted octanol–water partition coefficient (Wildman–Crippen LogP) is 3.75. The molecular formula is C21H25FN6O3S. The molecule has 32 heavy (non-hydrogen) atoms. The van der Waals surface area contributed by atoms with Crippen LogP contribution in [0.4, 0.5) is 20.7 Å². The number of halogens is 1. The first kappa shape index (κ1) is 23.6. The average molecular weight is 461 g/mol. The quantitative estimate of drug-likeness (QED) is 0.568. The second kappa shape index (κ2) is 11.0. The molecule has 0 spiro atoms. The van der Waals surface area contributed by atoms with Crippen molar-refractivity contribution in [3.8, 4) is 11.9 Å². The number of thioether (sulfide) groups is 1. The minimum Gasteiger partial charge on any atom is -0.465 e. The summed E-state index contributed by atoms with van der Waals surface area (Å²) in [6.45, 7) is 1.23. The molecule has 3 rings (SSSR count). The van der Waals surface area contributed by atoms with Crippen molar-refractivity contribution in [3.63, 3.8) is 0 Å². The van der Waals surface area contributed by atoms with Gasteiger partial charge in [0.15, 0.2) is 17.6 Å². The van der Waals surface area contributed by atoms with Gasteiger partial charge in [-0.25, -0.2) is 19.2 Å². The van der Waals surface area contributed by atoms with Crippen LogP contribution in [0.2, 0.25) is 0 Å². The number of anilines is 2. The van der Waals surface area contributed by atoms with Crippen molar-refractivity contribution >= 4 is 29.4 Å². The van der Waals surface area contributed by atoms with Gasteiger partial charge >= 0.3 is 6.09 Å². The maximum Gasteiger partial charge on any atom is 0.410 e. The Morgan fingerprint density at radius 1 is 1.44 bits per heavy atom. The Labute approximate surface area is 190 Å². The van der Waals surface area contributed by atoms with Gasteiger partial charge in [0.1, 0.15) is 18.2 Å². The number of nitrogens with one attached hydrogen (secondary N) is 1. The highest BCUT2D eigenvalue weighted by molar-refractivity contribution is 7.99. The maximum atomic E-state index is 14.7. The Balaban J connectivity index is 1.76. The summed E-state index contributed by atoms with van der Waals surface area (Å²) in [6, 6.07) is 6.79. The molecule has 0 radical (unpaired) electrons. The van der Waals surface area contributed by atoms with Gasteiger partial charge in [-0.2, -0.15) is 5.26 Å². The van der Waals surface area contributed by atoms with E-state index >= 15 is 0 Å². The molecule has 2 aromatic rings. The zero-order valence-corrected chi connectivity index (χ0v) is 18.7. The predicted molar refractivity (Wildman–Crippen MR) is 119 cm³/mol. The van der Waals surface area contributed by atoms with Gasteiger partial charge in [-0.15, -0.1) is 11.8 Å². The van der Waals surface area contributed by atoms with Crippen LogP contribution < -0.4 is 10.1 Å². The number of amides is 1. The highest BCUT2D eigenvalue weighted by atomic mass is 32.2. The van der Waals surface area contributed by atoms with Crippen molar-refractivity contribution in [2.24, 2.45) is 0 Å². The highest BCUT2D eigenvalue weighted by Crippen LogP contribution is 2.30. The monoisotopic (exact) mass is 460 g/mol. The molecule has 0 bridgehead atoms. The molecule has 170 valence electrons. The number of aromatic nitrogens is 2. The fourth-order valence-corrected chi connectivity index (χ4v) is 4.23. The van der Waals surface area contributed by atoms with Gasteiger partial charge in [0.2, 0.25) is 5.88 Å². The molecule has 1 amide bonds. The Bertz CT molecular complexity index is 1000. The lowest BCUT2D eigenvalue weighted by Crippen LogP contribution is -2.46.